The molecule has 0 fully saturated rings. The third-order valence-electron chi connectivity index (χ3n) is 1.09. The van der Waals surface area contributed by atoms with E-state index in [0.29, 0.717) is 0 Å². The van der Waals surface area contributed by atoms with E-state index in [2.05, 4.69) is 0 Å². The molecule has 0 saturated heterocycles. The van der Waals surface area contributed by atoms with Gasteiger partial charge in [0, 0.05) is 0 Å². The quantitative estimate of drug-likeness (QED) is 0.556. The predicted molar refractivity (Wildman–Crippen MR) is 38.8 cm³/mol. The Labute approximate surface area is 65.8 Å². The van der Waals surface area contributed by atoms with Crippen LogP contribution in [-0.4, -0.2) is 41.4 Å². The minimum absolute atomic E-state index is 0.0568. The van der Waals surface area contributed by atoms with Gasteiger partial charge in [-0.1, -0.05) is 0 Å². The van der Waals surface area contributed by atoms with Crippen molar-refractivity contribution in [2.45, 2.75) is 25.6 Å². The Morgan fingerprint density at radius 3 is 2.55 bits per heavy atom. The molecule has 0 saturated carbocycles. The van der Waals surface area contributed by atoms with Crippen molar-refractivity contribution in [2.75, 3.05) is 13.2 Å². The molecule has 0 aromatic carbocycles. The van der Waals surface area contributed by atoms with Crippen molar-refractivity contribution < 1.29 is 19.7 Å². The second kappa shape index (κ2) is 4.43. The fraction of sp³-hybridized carbons (Fsp3) is 0.857. The first-order valence-corrected chi connectivity index (χ1v) is 3.34. The second-order valence-corrected chi connectivity index (χ2v) is 2.76. The molecule has 0 aromatic rings. The van der Waals surface area contributed by atoms with Crippen LogP contribution in [0, 0.1) is 0 Å². The van der Waals surface area contributed by atoms with Crippen LogP contribution in [0.15, 0.2) is 0 Å². The highest BCUT2D eigenvalue weighted by atomic mass is 16.5. The Morgan fingerprint density at radius 1 is 1.64 bits per heavy atom. The van der Waals surface area contributed by atoms with E-state index in [-0.39, 0.29) is 13.2 Å². The molecule has 2 N–H and O–H groups in total. The van der Waals surface area contributed by atoms with Gasteiger partial charge in [-0.05, 0) is 13.8 Å². The number of hydrogen-bond donors (Lipinski definition) is 2. The molecule has 0 bridgehead atoms. The molecular weight excluding hydrogens is 148 g/mol. The summed E-state index contributed by atoms with van der Waals surface area (Å²) in [5.41, 5.74) is -1.00. The van der Waals surface area contributed by atoms with Gasteiger partial charge in [0.15, 0.2) is 0 Å². The van der Waals surface area contributed by atoms with Crippen LogP contribution in [0.25, 0.3) is 0 Å². The van der Waals surface area contributed by atoms with Gasteiger partial charge in [0.2, 0.25) is 6.29 Å². The van der Waals surface area contributed by atoms with E-state index >= 15 is 0 Å². The van der Waals surface area contributed by atoms with Crippen molar-refractivity contribution in [3.05, 3.63) is 0 Å². The number of rotatable bonds is 5. The Bertz CT molecular complexity index is 122. The summed E-state index contributed by atoms with van der Waals surface area (Å²) in [6.45, 7) is 2.64. The van der Waals surface area contributed by atoms with Gasteiger partial charge in [-0.3, -0.25) is 4.79 Å². The molecule has 4 heteroatoms. The van der Waals surface area contributed by atoms with Gasteiger partial charge in [-0.2, -0.15) is 0 Å². The molecule has 1 unspecified atom stereocenters. The minimum Gasteiger partial charge on any atom is -0.394 e. The summed E-state index contributed by atoms with van der Waals surface area (Å²) in [6.07, 6.45) is 0.728. The summed E-state index contributed by atoms with van der Waals surface area (Å²) in [5, 5.41) is 17.2. The normalized spacial score (nSPS) is 14.5. The topological polar surface area (TPSA) is 66.8 Å². The van der Waals surface area contributed by atoms with E-state index in [1.54, 1.807) is 6.29 Å². The lowest BCUT2D eigenvalue weighted by molar-refractivity contribution is -0.0399. The molecule has 0 aliphatic rings. The average Bonchev–Trinajstić information content (AvgIpc) is 2.00. The number of ether oxygens (including phenoxy) is 1. The van der Waals surface area contributed by atoms with Crippen LogP contribution in [-0.2, 0) is 9.53 Å². The van der Waals surface area contributed by atoms with Crippen LogP contribution in [0.1, 0.15) is 13.8 Å². The molecule has 0 aromatic heterocycles. The molecule has 11 heavy (non-hydrogen) atoms. The maximum absolute atomic E-state index is 10.1. The first-order chi connectivity index (χ1) is 5.02. The van der Waals surface area contributed by atoms with E-state index in [4.69, 9.17) is 14.9 Å². The number of hydrogen-bond acceptors (Lipinski definition) is 4. The Hall–Kier alpha value is -0.450. The van der Waals surface area contributed by atoms with Crippen LogP contribution in [0.4, 0.5) is 0 Å². The Kier molecular flexibility index (Phi) is 4.25. The molecule has 0 spiro atoms. The SMILES string of the molecule is CC(C)([C]=O)OCC(O)CO. The van der Waals surface area contributed by atoms with Crippen LogP contribution < -0.4 is 0 Å². The number of carbonyl (C=O) groups excluding carboxylic acids is 1. The monoisotopic (exact) mass is 161 g/mol. The van der Waals surface area contributed by atoms with E-state index in [1.807, 2.05) is 0 Å². The molecular formula is C7H13O4. The van der Waals surface area contributed by atoms with Gasteiger partial charge in [0.05, 0.1) is 13.2 Å². The molecule has 0 aliphatic carbocycles. The Balaban J connectivity index is 3.60. The molecule has 0 rings (SSSR count). The molecule has 0 aliphatic heterocycles. The van der Waals surface area contributed by atoms with Crippen molar-refractivity contribution in [3.8, 4) is 0 Å². The lowest BCUT2D eigenvalue weighted by Gasteiger charge is -2.18. The van der Waals surface area contributed by atoms with Gasteiger partial charge in [-0.15, -0.1) is 0 Å². The van der Waals surface area contributed by atoms with Crippen molar-refractivity contribution in [1.82, 2.24) is 0 Å². The molecule has 1 atom stereocenters. The highest BCUT2D eigenvalue weighted by Crippen LogP contribution is 2.04. The molecule has 1 radical (unpaired) electrons. The summed E-state index contributed by atoms with van der Waals surface area (Å²) in [6, 6.07) is 0. The zero-order chi connectivity index (χ0) is 8.91. The number of aliphatic hydroxyl groups excluding tert-OH is 2. The molecule has 0 amide bonds. The van der Waals surface area contributed by atoms with E-state index in [9.17, 15) is 4.79 Å². The van der Waals surface area contributed by atoms with Crippen molar-refractivity contribution >= 4 is 6.29 Å². The van der Waals surface area contributed by atoms with Crippen molar-refractivity contribution in [2.24, 2.45) is 0 Å². The summed E-state index contributed by atoms with van der Waals surface area (Å²) >= 11 is 0. The zero-order valence-corrected chi connectivity index (χ0v) is 6.70. The Morgan fingerprint density at radius 2 is 2.18 bits per heavy atom. The summed E-state index contributed by atoms with van der Waals surface area (Å²) in [4.78, 5) is 10.1. The van der Waals surface area contributed by atoms with Crippen LogP contribution in [0.3, 0.4) is 0 Å². The summed E-state index contributed by atoms with van der Waals surface area (Å²) in [7, 11) is 0. The zero-order valence-electron chi connectivity index (χ0n) is 6.70. The summed E-state index contributed by atoms with van der Waals surface area (Å²) < 4.78 is 4.90. The van der Waals surface area contributed by atoms with Crippen LogP contribution >= 0.6 is 0 Å². The van der Waals surface area contributed by atoms with Crippen LogP contribution in [0.5, 0.6) is 0 Å². The highest BCUT2D eigenvalue weighted by Gasteiger charge is 2.19. The standard InChI is InChI=1S/C7H13O4/c1-7(2,5-9)11-4-6(10)3-8/h6,8,10H,3-4H2,1-2H3. The van der Waals surface area contributed by atoms with E-state index in [0.717, 1.165) is 0 Å². The van der Waals surface area contributed by atoms with E-state index < -0.39 is 11.7 Å². The van der Waals surface area contributed by atoms with E-state index in [1.165, 1.54) is 13.8 Å². The highest BCUT2D eigenvalue weighted by molar-refractivity contribution is 5.61. The van der Waals surface area contributed by atoms with Gasteiger partial charge < -0.3 is 14.9 Å². The molecule has 4 nitrogen and oxygen atoms in total. The fourth-order valence-electron chi connectivity index (χ4n) is 0.387. The second-order valence-electron chi connectivity index (χ2n) is 2.76. The van der Waals surface area contributed by atoms with Crippen molar-refractivity contribution in [1.29, 1.82) is 0 Å². The molecule has 65 valence electrons. The predicted octanol–water partition coefficient (Wildman–Crippen LogP) is -0.755. The van der Waals surface area contributed by atoms with Gasteiger partial charge in [0.1, 0.15) is 11.7 Å². The lowest BCUT2D eigenvalue weighted by atomic mass is 10.2. The smallest absolute Gasteiger partial charge is 0.232 e. The maximum Gasteiger partial charge on any atom is 0.232 e. The third-order valence-corrected chi connectivity index (χ3v) is 1.09. The third kappa shape index (κ3) is 4.89. The lowest BCUT2D eigenvalue weighted by Crippen LogP contribution is -2.31. The van der Waals surface area contributed by atoms with Crippen LogP contribution in [0.2, 0.25) is 0 Å². The minimum atomic E-state index is -1.00. The van der Waals surface area contributed by atoms with Crippen molar-refractivity contribution in [3.63, 3.8) is 0 Å². The maximum atomic E-state index is 10.1. The largest absolute Gasteiger partial charge is 0.394 e. The average molecular weight is 161 g/mol. The fourth-order valence-corrected chi connectivity index (χ4v) is 0.387. The van der Waals surface area contributed by atoms with Gasteiger partial charge in [0.25, 0.3) is 0 Å². The van der Waals surface area contributed by atoms with Gasteiger partial charge in [-0.25, -0.2) is 0 Å². The number of aliphatic hydroxyl groups is 2. The first kappa shape index (κ1) is 10.6. The summed E-state index contributed by atoms with van der Waals surface area (Å²) in [5.74, 6) is 0. The van der Waals surface area contributed by atoms with Gasteiger partial charge >= 0.3 is 0 Å². The molecule has 0 heterocycles. The first-order valence-electron chi connectivity index (χ1n) is 3.34.